The lowest BCUT2D eigenvalue weighted by Gasteiger charge is -2.24. The smallest absolute Gasteiger partial charge is 0.274 e. The van der Waals surface area contributed by atoms with Gasteiger partial charge in [-0.3, -0.25) is 9.59 Å². The summed E-state index contributed by atoms with van der Waals surface area (Å²) in [5.41, 5.74) is 5.50. The number of rotatable bonds is 4. The molecule has 1 fully saturated rings. The molecule has 1 aliphatic heterocycles. The molecule has 1 amide bonds. The van der Waals surface area contributed by atoms with Crippen molar-refractivity contribution in [2.24, 2.45) is 5.73 Å². The Morgan fingerprint density at radius 1 is 1.56 bits per heavy atom. The van der Waals surface area contributed by atoms with Crippen molar-refractivity contribution in [3.63, 3.8) is 0 Å². The fourth-order valence-electron chi connectivity index (χ4n) is 2.37. The highest BCUT2D eigenvalue weighted by atomic mass is 16.2. The zero-order valence-electron chi connectivity index (χ0n) is 10.3. The summed E-state index contributed by atoms with van der Waals surface area (Å²) in [6.45, 7) is 1.41. The van der Waals surface area contributed by atoms with Gasteiger partial charge in [0.15, 0.2) is 0 Å². The quantitative estimate of drug-likeness (QED) is 0.793. The SMILES string of the molecule is NCCCC1CCCN1C(=O)c1ccc(=O)[nH]n1. The maximum absolute atomic E-state index is 12.2. The third-order valence-corrected chi connectivity index (χ3v) is 3.28. The third kappa shape index (κ3) is 2.76. The molecule has 6 heteroatoms. The summed E-state index contributed by atoms with van der Waals surface area (Å²) >= 11 is 0. The van der Waals surface area contributed by atoms with Crippen molar-refractivity contribution in [2.75, 3.05) is 13.1 Å². The molecule has 1 atom stereocenters. The molecule has 0 spiro atoms. The normalized spacial score (nSPS) is 19.2. The number of hydrogen-bond donors (Lipinski definition) is 2. The van der Waals surface area contributed by atoms with Crippen LogP contribution in [0.4, 0.5) is 0 Å². The van der Waals surface area contributed by atoms with Crippen LogP contribution in [0, 0.1) is 0 Å². The van der Waals surface area contributed by atoms with Gasteiger partial charge < -0.3 is 10.6 Å². The van der Waals surface area contributed by atoms with Crippen LogP contribution in [0.5, 0.6) is 0 Å². The largest absolute Gasteiger partial charge is 0.334 e. The molecule has 0 aromatic carbocycles. The molecule has 0 radical (unpaired) electrons. The Hall–Kier alpha value is -1.69. The van der Waals surface area contributed by atoms with E-state index in [1.807, 2.05) is 4.90 Å². The van der Waals surface area contributed by atoms with Gasteiger partial charge in [-0.2, -0.15) is 5.10 Å². The molecule has 1 unspecified atom stereocenters. The Bertz CT molecular complexity index is 451. The Balaban J connectivity index is 2.07. The average Bonchev–Trinajstić information content (AvgIpc) is 2.84. The number of nitrogens with zero attached hydrogens (tertiary/aromatic N) is 2. The number of aromatic nitrogens is 2. The van der Waals surface area contributed by atoms with Gasteiger partial charge in [-0.05, 0) is 38.3 Å². The number of H-pyrrole nitrogens is 1. The lowest BCUT2D eigenvalue weighted by Crippen LogP contribution is -2.36. The van der Waals surface area contributed by atoms with Crippen LogP contribution in [0.1, 0.15) is 36.2 Å². The van der Waals surface area contributed by atoms with Crippen LogP contribution in [0.15, 0.2) is 16.9 Å². The summed E-state index contributed by atoms with van der Waals surface area (Å²) in [5, 5.41) is 6.07. The number of carbonyl (C=O) groups excluding carboxylic acids is 1. The summed E-state index contributed by atoms with van der Waals surface area (Å²) < 4.78 is 0. The second-order valence-corrected chi connectivity index (χ2v) is 4.53. The van der Waals surface area contributed by atoms with E-state index < -0.39 is 0 Å². The molecule has 98 valence electrons. The average molecular weight is 250 g/mol. The van der Waals surface area contributed by atoms with Crippen LogP contribution >= 0.6 is 0 Å². The minimum absolute atomic E-state index is 0.106. The Labute approximate surface area is 105 Å². The predicted molar refractivity (Wildman–Crippen MR) is 67.2 cm³/mol. The minimum atomic E-state index is -0.298. The molecule has 6 nitrogen and oxygen atoms in total. The van der Waals surface area contributed by atoms with Crippen LogP contribution < -0.4 is 11.3 Å². The number of likely N-dealkylation sites (tertiary alicyclic amines) is 1. The second-order valence-electron chi connectivity index (χ2n) is 4.53. The van der Waals surface area contributed by atoms with Gasteiger partial charge in [0.05, 0.1) is 0 Å². The second kappa shape index (κ2) is 5.77. The third-order valence-electron chi connectivity index (χ3n) is 3.28. The van der Waals surface area contributed by atoms with E-state index >= 15 is 0 Å². The Morgan fingerprint density at radius 3 is 3.06 bits per heavy atom. The molecule has 1 aliphatic rings. The molecule has 1 aromatic rings. The van der Waals surface area contributed by atoms with Gasteiger partial charge in [0.2, 0.25) is 0 Å². The first-order valence-electron chi connectivity index (χ1n) is 6.29. The standard InChI is InChI=1S/C12H18N4O2/c13-7-1-3-9-4-2-8-16(9)12(18)10-5-6-11(17)15-14-10/h5-6,9H,1-4,7-8,13H2,(H,15,17). The Kier molecular flexibility index (Phi) is 4.09. The van der Waals surface area contributed by atoms with Crippen molar-refractivity contribution in [2.45, 2.75) is 31.7 Å². The van der Waals surface area contributed by atoms with Gasteiger partial charge in [0.25, 0.3) is 11.5 Å². The zero-order chi connectivity index (χ0) is 13.0. The maximum Gasteiger partial charge on any atom is 0.274 e. The summed E-state index contributed by atoms with van der Waals surface area (Å²) in [4.78, 5) is 25.0. The van der Waals surface area contributed by atoms with E-state index in [9.17, 15) is 9.59 Å². The summed E-state index contributed by atoms with van der Waals surface area (Å²) in [5.74, 6) is -0.106. The number of carbonyl (C=O) groups is 1. The minimum Gasteiger partial charge on any atom is -0.334 e. The highest BCUT2D eigenvalue weighted by molar-refractivity contribution is 5.92. The molecule has 0 bridgehead atoms. The van der Waals surface area contributed by atoms with Gasteiger partial charge >= 0.3 is 0 Å². The molecule has 2 heterocycles. The molecule has 3 N–H and O–H groups in total. The Morgan fingerprint density at radius 2 is 2.39 bits per heavy atom. The van der Waals surface area contributed by atoms with Crippen molar-refractivity contribution in [1.29, 1.82) is 0 Å². The summed E-state index contributed by atoms with van der Waals surface area (Å²) in [6.07, 6.45) is 3.90. The molecule has 1 saturated heterocycles. The van der Waals surface area contributed by atoms with E-state index in [1.165, 1.54) is 12.1 Å². The number of nitrogens with one attached hydrogen (secondary N) is 1. The van der Waals surface area contributed by atoms with Crippen molar-refractivity contribution < 1.29 is 4.79 Å². The molecule has 0 aliphatic carbocycles. The number of hydrogen-bond acceptors (Lipinski definition) is 4. The van der Waals surface area contributed by atoms with E-state index in [4.69, 9.17) is 5.73 Å². The first-order chi connectivity index (χ1) is 8.72. The van der Waals surface area contributed by atoms with Gasteiger partial charge in [0, 0.05) is 18.7 Å². The predicted octanol–water partition coefficient (Wildman–Crippen LogP) is 0.113. The first-order valence-corrected chi connectivity index (χ1v) is 6.29. The van der Waals surface area contributed by atoms with Crippen LogP contribution in [0.3, 0.4) is 0 Å². The van der Waals surface area contributed by atoms with Crippen LogP contribution in [0.2, 0.25) is 0 Å². The fraction of sp³-hybridized carbons (Fsp3) is 0.583. The highest BCUT2D eigenvalue weighted by Crippen LogP contribution is 2.22. The van der Waals surface area contributed by atoms with Crippen LogP contribution in [-0.4, -0.2) is 40.1 Å². The van der Waals surface area contributed by atoms with Gasteiger partial charge in [0.1, 0.15) is 5.69 Å². The molecule has 2 rings (SSSR count). The van der Waals surface area contributed by atoms with Gasteiger partial charge in [-0.15, -0.1) is 0 Å². The first kappa shape index (κ1) is 12.8. The zero-order valence-corrected chi connectivity index (χ0v) is 10.3. The van der Waals surface area contributed by atoms with Crippen LogP contribution in [0.25, 0.3) is 0 Å². The van der Waals surface area contributed by atoms with Crippen molar-refractivity contribution in [3.05, 3.63) is 28.2 Å². The van der Waals surface area contributed by atoms with Crippen molar-refractivity contribution in [1.82, 2.24) is 15.1 Å². The maximum atomic E-state index is 12.2. The monoisotopic (exact) mass is 250 g/mol. The van der Waals surface area contributed by atoms with Gasteiger partial charge in [-0.1, -0.05) is 0 Å². The lowest BCUT2D eigenvalue weighted by atomic mass is 10.1. The summed E-state index contributed by atoms with van der Waals surface area (Å²) in [7, 11) is 0. The van der Waals surface area contributed by atoms with Crippen molar-refractivity contribution in [3.8, 4) is 0 Å². The van der Waals surface area contributed by atoms with E-state index in [0.717, 1.165) is 32.2 Å². The summed E-state index contributed by atoms with van der Waals surface area (Å²) in [6, 6.07) is 3.06. The van der Waals surface area contributed by atoms with E-state index in [1.54, 1.807) is 0 Å². The number of nitrogens with two attached hydrogens (primary N) is 1. The van der Waals surface area contributed by atoms with E-state index in [-0.39, 0.29) is 17.5 Å². The molecular formula is C12H18N4O2. The van der Waals surface area contributed by atoms with Gasteiger partial charge in [-0.25, -0.2) is 5.10 Å². The molecule has 1 aromatic heterocycles. The topological polar surface area (TPSA) is 92.1 Å². The van der Waals surface area contributed by atoms with E-state index in [0.29, 0.717) is 12.2 Å². The molecular weight excluding hydrogens is 232 g/mol. The van der Waals surface area contributed by atoms with Crippen LogP contribution in [-0.2, 0) is 0 Å². The highest BCUT2D eigenvalue weighted by Gasteiger charge is 2.29. The van der Waals surface area contributed by atoms with E-state index in [2.05, 4.69) is 10.2 Å². The number of aromatic amines is 1. The molecule has 18 heavy (non-hydrogen) atoms. The lowest BCUT2D eigenvalue weighted by molar-refractivity contribution is 0.0722. The fourth-order valence-corrected chi connectivity index (χ4v) is 2.37. The van der Waals surface area contributed by atoms with Crippen molar-refractivity contribution >= 4 is 5.91 Å². The number of amides is 1. The molecule has 0 saturated carbocycles.